The van der Waals surface area contributed by atoms with Crippen LogP contribution in [-0.2, 0) is 29.2 Å². The summed E-state index contributed by atoms with van der Waals surface area (Å²) in [6, 6.07) is 18.9. The molecular weight excluding hydrogens is 759 g/mol. The van der Waals surface area contributed by atoms with Crippen molar-refractivity contribution < 1.29 is 57.0 Å². The Labute approximate surface area is 324 Å². The standard InChI is InChI=1S/C40H37ClF3N3O9/c41-32-19-36-35(53-23-54-36)18-27(32)20-46(28-10-11-28)39(48)31-21-45(40(49)56-29-5-1-3-25(17-29)22-55-47(50)51)15-14-30(31)26-8-6-24(7-9-26)4-2-16-52-38-34(43)13-12-33(42)37(38)44/h1,3,5-9,12-13,17-19,28,50-51H,2,4,10-11,14-16,20-23H2. The largest absolute Gasteiger partial charge is 0.488 e. The minimum atomic E-state index is -1.37. The number of ether oxygens (including phenoxy) is 4. The van der Waals surface area contributed by atoms with Gasteiger partial charge in [-0.2, -0.15) is 4.39 Å². The molecule has 2 aliphatic heterocycles. The van der Waals surface area contributed by atoms with Gasteiger partial charge in [0.2, 0.25) is 12.6 Å². The van der Waals surface area contributed by atoms with Crippen LogP contribution in [0.4, 0.5) is 18.0 Å². The second-order valence-corrected chi connectivity index (χ2v) is 13.9. The van der Waals surface area contributed by atoms with E-state index in [1.807, 2.05) is 24.3 Å². The summed E-state index contributed by atoms with van der Waals surface area (Å²) < 4.78 is 63.4. The molecule has 0 aromatic heterocycles. The highest BCUT2D eigenvalue weighted by atomic mass is 35.5. The topological polar surface area (TPSA) is 130 Å². The third-order valence-corrected chi connectivity index (χ3v) is 9.95. The lowest BCUT2D eigenvalue weighted by molar-refractivity contribution is -0.497. The van der Waals surface area contributed by atoms with Crippen LogP contribution in [0.25, 0.3) is 5.57 Å². The van der Waals surface area contributed by atoms with Crippen molar-refractivity contribution in [2.75, 3.05) is 26.5 Å². The van der Waals surface area contributed by atoms with Crippen molar-refractivity contribution in [3.05, 3.63) is 123 Å². The summed E-state index contributed by atoms with van der Waals surface area (Å²) in [6.07, 6.45) is 2.18. The van der Waals surface area contributed by atoms with E-state index in [1.54, 1.807) is 35.2 Å². The van der Waals surface area contributed by atoms with Gasteiger partial charge in [0, 0.05) is 35.8 Å². The first kappa shape index (κ1) is 38.9. The summed E-state index contributed by atoms with van der Waals surface area (Å²) >= 11 is 6.65. The van der Waals surface area contributed by atoms with E-state index in [4.69, 9.17) is 41.0 Å². The van der Waals surface area contributed by atoms with Crippen LogP contribution in [0.2, 0.25) is 5.02 Å². The highest BCUT2D eigenvalue weighted by molar-refractivity contribution is 6.31. The van der Waals surface area contributed by atoms with E-state index in [1.165, 1.54) is 11.0 Å². The van der Waals surface area contributed by atoms with Crippen molar-refractivity contribution in [3.8, 4) is 23.0 Å². The van der Waals surface area contributed by atoms with Crippen molar-refractivity contribution in [2.45, 2.75) is 51.3 Å². The van der Waals surface area contributed by atoms with Gasteiger partial charge in [0.15, 0.2) is 28.9 Å². The molecule has 3 aliphatic rings. The lowest BCUT2D eigenvalue weighted by Gasteiger charge is -2.33. The number of carbonyl (C=O) groups is 2. The van der Waals surface area contributed by atoms with Crippen LogP contribution in [-0.4, -0.2) is 70.1 Å². The normalized spacial score (nSPS) is 15.0. The summed E-state index contributed by atoms with van der Waals surface area (Å²) in [7, 11) is 0. The quantitative estimate of drug-likeness (QED) is 0.0739. The third kappa shape index (κ3) is 9.20. The summed E-state index contributed by atoms with van der Waals surface area (Å²) in [5, 5.41) is 17.8. The van der Waals surface area contributed by atoms with Crippen LogP contribution in [0.3, 0.4) is 0 Å². The third-order valence-electron chi connectivity index (χ3n) is 9.60. The Hall–Kier alpha value is -5.32. The SMILES string of the molecule is O=C(Oc1cccc(CON(O)O)c1)N1CCC(c2ccc(CCCOc3c(F)ccc(F)c3F)cc2)=C(C(=O)N(Cc2cc3c(cc2Cl)OCO3)C2CC2)C1. The molecule has 294 valence electrons. The smallest absolute Gasteiger partial charge is 0.415 e. The van der Waals surface area contributed by atoms with Crippen LogP contribution >= 0.6 is 11.6 Å². The van der Waals surface area contributed by atoms with E-state index >= 15 is 0 Å². The van der Waals surface area contributed by atoms with Crippen molar-refractivity contribution >= 4 is 29.2 Å². The molecule has 4 aromatic rings. The van der Waals surface area contributed by atoms with Crippen LogP contribution in [0.15, 0.2) is 78.4 Å². The lowest BCUT2D eigenvalue weighted by Crippen LogP contribution is -2.44. The van der Waals surface area contributed by atoms with Gasteiger partial charge >= 0.3 is 6.09 Å². The Morgan fingerprint density at radius 2 is 1.68 bits per heavy atom. The van der Waals surface area contributed by atoms with Gasteiger partial charge in [0.1, 0.15) is 5.75 Å². The van der Waals surface area contributed by atoms with E-state index in [0.717, 1.165) is 35.6 Å². The average molecular weight is 796 g/mol. The van der Waals surface area contributed by atoms with Gasteiger partial charge in [-0.25, -0.2) is 18.4 Å². The molecule has 0 bridgehead atoms. The maximum absolute atomic E-state index is 14.7. The highest BCUT2D eigenvalue weighted by Gasteiger charge is 2.38. The van der Waals surface area contributed by atoms with Gasteiger partial charge < -0.3 is 28.7 Å². The number of amides is 2. The number of nitrogens with zero attached hydrogens (tertiary/aromatic N) is 3. The number of halogens is 4. The van der Waals surface area contributed by atoms with Crippen LogP contribution in [0, 0.1) is 17.5 Å². The minimum Gasteiger partial charge on any atom is -0.488 e. The molecule has 0 unspecified atom stereocenters. The molecule has 12 nitrogen and oxygen atoms in total. The predicted molar refractivity (Wildman–Crippen MR) is 193 cm³/mol. The van der Waals surface area contributed by atoms with Crippen molar-refractivity contribution in [1.82, 2.24) is 15.2 Å². The molecule has 0 atom stereocenters. The molecule has 1 aliphatic carbocycles. The molecule has 0 spiro atoms. The molecule has 2 amide bonds. The van der Waals surface area contributed by atoms with Gasteiger partial charge in [-0.1, -0.05) is 48.0 Å². The molecule has 1 saturated carbocycles. The molecule has 7 rings (SSSR count). The molecule has 4 aromatic carbocycles. The molecular formula is C40H37ClF3N3O9. The first-order valence-corrected chi connectivity index (χ1v) is 18.2. The molecule has 16 heteroatoms. The molecule has 2 N–H and O–H groups in total. The molecule has 1 fully saturated rings. The zero-order valence-corrected chi connectivity index (χ0v) is 30.6. The maximum Gasteiger partial charge on any atom is 0.415 e. The lowest BCUT2D eigenvalue weighted by atomic mass is 9.91. The minimum absolute atomic E-state index is 0.0299. The van der Waals surface area contributed by atoms with Crippen molar-refractivity contribution in [2.24, 2.45) is 0 Å². The Kier molecular flexibility index (Phi) is 12.0. The molecule has 0 radical (unpaired) electrons. The second-order valence-electron chi connectivity index (χ2n) is 13.5. The molecule has 56 heavy (non-hydrogen) atoms. The number of rotatable bonds is 14. The molecule has 2 heterocycles. The van der Waals surface area contributed by atoms with Gasteiger partial charge in [0.05, 0.1) is 25.1 Å². The van der Waals surface area contributed by atoms with Crippen molar-refractivity contribution in [3.63, 3.8) is 0 Å². The fourth-order valence-corrected chi connectivity index (χ4v) is 6.80. The van der Waals surface area contributed by atoms with Gasteiger partial charge in [0.25, 0.3) is 5.91 Å². The summed E-state index contributed by atoms with van der Waals surface area (Å²) in [6.45, 7) is 0.260. The van der Waals surface area contributed by atoms with E-state index < -0.39 is 34.7 Å². The van der Waals surface area contributed by atoms with Gasteiger partial charge in [-0.3, -0.25) is 15.2 Å². The number of hydrogen-bond acceptors (Lipinski definition) is 10. The maximum atomic E-state index is 14.7. The Balaban J connectivity index is 1.10. The first-order chi connectivity index (χ1) is 27.0. The highest BCUT2D eigenvalue weighted by Crippen LogP contribution is 2.40. The number of carbonyl (C=O) groups excluding carboxylic acids is 2. The Bertz CT molecular complexity index is 2130. The second kappa shape index (κ2) is 17.2. The number of hydrogen-bond donors (Lipinski definition) is 2. The molecule has 0 saturated heterocycles. The predicted octanol–water partition coefficient (Wildman–Crippen LogP) is 7.86. The van der Waals surface area contributed by atoms with Crippen LogP contribution in [0.1, 0.15) is 47.9 Å². The number of fused-ring (bicyclic) bond motifs is 1. The van der Waals surface area contributed by atoms with Gasteiger partial charge in [-0.05, 0) is 90.3 Å². The Morgan fingerprint density at radius 3 is 2.43 bits per heavy atom. The average Bonchev–Trinajstić information content (AvgIpc) is 3.94. The fraction of sp³-hybridized carbons (Fsp3) is 0.300. The van der Waals surface area contributed by atoms with Crippen molar-refractivity contribution in [1.29, 1.82) is 0 Å². The first-order valence-electron chi connectivity index (χ1n) is 17.9. The Morgan fingerprint density at radius 1 is 0.929 bits per heavy atom. The summed E-state index contributed by atoms with van der Waals surface area (Å²) in [4.78, 5) is 36.1. The fourth-order valence-electron chi connectivity index (χ4n) is 6.58. The zero-order valence-electron chi connectivity index (χ0n) is 29.9. The van der Waals surface area contributed by atoms with E-state index in [0.29, 0.717) is 58.6 Å². The van der Waals surface area contributed by atoms with E-state index in [9.17, 15) is 22.8 Å². The number of aryl methyl sites for hydroxylation is 1. The number of benzene rings is 4. The van der Waals surface area contributed by atoms with Crippen LogP contribution in [0.5, 0.6) is 23.0 Å². The van der Waals surface area contributed by atoms with Gasteiger partial charge in [-0.15, -0.1) is 0 Å². The summed E-state index contributed by atoms with van der Waals surface area (Å²) in [5.74, 6) is -3.27. The van der Waals surface area contributed by atoms with E-state index in [2.05, 4.69) is 4.84 Å². The van der Waals surface area contributed by atoms with E-state index in [-0.39, 0.29) is 57.3 Å². The van der Waals surface area contributed by atoms with Crippen LogP contribution < -0.4 is 18.9 Å². The zero-order chi connectivity index (χ0) is 39.3. The summed E-state index contributed by atoms with van der Waals surface area (Å²) in [5.41, 5.74) is 4.08. The monoisotopic (exact) mass is 795 g/mol.